The minimum atomic E-state index is -0.967. The maximum absolute atomic E-state index is 12.2. The molecule has 0 bridgehead atoms. The number of rotatable bonds is 4. The van der Waals surface area contributed by atoms with E-state index in [0.29, 0.717) is 5.92 Å². The van der Waals surface area contributed by atoms with Crippen molar-refractivity contribution in [1.29, 1.82) is 0 Å². The molecule has 4 nitrogen and oxygen atoms in total. The number of likely N-dealkylation sites (tertiary alicyclic amines) is 1. The summed E-state index contributed by atoms with van der Waals surface area (Å²) < 4.78 is 0. The number of amides is 1. The van der Waals surface area contributed by atoms with Crippen LogP contribution in [0, 0.1) is 5.92 Å². The lowest BCUT2D eigenvalue weighted by molar-refractivity contribution is -0.131. The Morgan fingerprint density at radius 2 is 2.05 bits per heavy atom. The molecule has 1 heterocycles. The van der Waals surface area contributed by atoms with Crippen LogP contribution in [0.5, 0.6) is 0 Å². The molecule has 20 heavy (non-hydrogen) atoms. The highest BCUT2D eigenvalue weighted by Gasteiger charge is 2.21. The fourth-order valence-electron chi connectivity index (χ4n) is 2.49. The maximum Gasteiger partial charge on any atom is 0.335 e. The predicted octanol–water partition coefficient (Wildman–Crippen LogP) is 2.35. The zero-order valence-electron chi connectivity index (χ0n) is 11.4. The quantitative estimate of drug-likeness (QED) is 0.857. The van der Waals surface area contributed by atoms with E-state index < -0.39 is 5.97 Å². The van der Waals surface area contributed by atoms with Crippen LogP contribution in [0.4, 0.5) is 0 Å². The van der Waals surface area contributed by atoms with Crippen LogP contribution in [0.25, 0.3) is 0 Å². The Morgan fingerprint density at radius 3 is 2.65 bits per heavy atom. The third-order valence-corrected chi connectivity index (χ3v) is 3.75. The van der Waals surface area contributed by atoms with E-state index in [0.717, 1.165) is 31.5 Å². The number of benzene rings is 1. The molecule has 0 radical (unpaired) electrons. The molecule has 0 atom stereocenters. The van der Waals surface area contributed by atoms with Gasteiger partial charge in [0.05, 0.1) is 12.0 Å². The first-order valence-electron chi connectivity index (χ1n) is 6.82. The molecule has 1 aromatic rings. The van der Waals surface area contributed by atoms with Crippen molar-refractivity contribution < 1.29 is 14.7 Å². The lowest BCUT2D eigenvalue weighted by atomic mass is 9.96. The number of hydrogen-bond donors (Lipinski definition) is 1. The van der Waals surface area contributed by atoms with Crippen molar-refractivity contribution in [2.75, 3.05) is 13.1 Å². The Labute approximate surface area is 118 Å². The van der Waals surface area contributed by atoms with Gasteiger partial charge in [-0.25, -0.2) is 4.79 Å². The van der Waals surface area contributed by atoms with Crippen LogP contribution in [0.15, 0.2) is 36.9 Å². The van der Waals surface area contributed by atoms with Crippen molar-refractivity contribution in [2.24, 2.45) is 5.92 Å². The summed E-state index contributed by atoms with van der Waals surface area (Å²) in [5.74, 6) is -0.393. The van der Waals surface area contributed by atoms with E-state index >= 15 is 0 Å². The van der Waals surface area contributed by atoms with Crippen molar-refractivity contribution in [3.05, 3.63) is 48.0 Å². The zero-order chi connectivity index (χ0) is 14.5. The van der Waals surface area contributed by atoms with E-state index in [1.165, 1.54) is 6.07 Å². The molecule has 1 aromatic carbocycles. The van der Waals surface area contributed by atoms with Crippen molar-refractivity contribution in [1.82, 2.24) is 4.90 Å². The van der Waals surface area contributed by atoms with E-state index in [9.17, 15) is 9.59 Å². The summed E-state index contributed by atoms with van der Waals surface area (Å²) in [5.41, 5.74) is 0.974. The van der Waals surface area contributed by atoms with Gasteiger partial charge in [0.1, 0.15) is 0 Å². The number of carbonyl (C=O) groups is 2. The Bertz CT molecular complexity index is 516. The molecule has 0 unspecified atom stereocenters. The molecule has 1 aliphatic heterocycles. The number of allylic oxidation sites excluding steroid dienone is 1. The number of carbonyl (C=O) groups excluding carboxylic acids is 1. The standard InChI is InChI=1S/C16H19NO3/c1-2-12-6-8-17(9-7-12)15(18)11-13-4-3-5-14(10-13)16(19)20/h2-5,10,12H,1,6-9,11H2,(H,19,20). The third-order valence-electron chi connectivity index (χ3n) is 3.75. The number of piperidine rings is 1. The van der Waals surface area contributed by atoms with Gasteiger partial charge in [-0.05, 0) is 36.5 Å². The minimum absolute atomic E-state index is 0.0649. The molecule has 1 amide bonds. The molecule has 106 valence electrons. The summed E-state index contributed by atoms with van der Waals surface area (Å²) in [5, 5.41) is 8.94. The van der Waals surface area contributed by atoms with Crippen molar-refractivity contribution in [3.8, 4) is 0 Å². The summed E-state index contributed by atoms with van der Waals surface area (Å²) in [4.78, 5) is 25.0. The van der Waals surface area contributed by atoms with Gasteiger partial charge in [-0.2, -0.15) is 0 Å². The number of aromatic carboxylic acids is 1. The molecule has 1 fully saturated rings. The molecule has 1 N–H and O–H groups in total. The SMILES string of the molecule is C=CC1CCN(C(=O)Cc2cccc(C(=O)O)c2)CC1. The van der Waals surface area contributed by atoms with Crippen LogP contribution in [-0.4, -0.2) is 35.0 Å². The fraction of sp³-hybridized carbons (Fsp3) is 0.375. The summed E-state index contributed by atoms with van der Waals surface area (Å²) in [7, 11) is 0. The van der Waals surface area contributed by atoms with Crippen molar-refractivity contribution in [2.45, 2.75) is 19.3 Å². The van der Waals surface area contributed by atoms with Gasteiger partial charge in [0, 0.05) is 13.1 Å². The number of carboxylic acid groups (broad SMARTS) is 1. The molecule has 1 aliphatic rings. The van der Waals surface area contributed by atoms with Gasteiger partial charge in [0.2, 0.25) is 5.91 Å². The average Bonchev–Trinajstić information content (AvgIpc) is 2.47. The van der Waals surface area contributed by atoms with Crippen molar-refractivity contribution >= 4 is 11.9 Å². The van der Waals surface area contributed by atoms with Crippen LogP contribution < -0.4 is 0 Å². The molecule has 0 aromatic heterocycles. The molecule has 0 aliphatic carbocycles. The van der Waals surface area contributed by atoms with Crippen LogP contribution in [0.1, 0.15) is 28.8 Å². The molecule has 4 heteroatoms. The largest absolute Gasteiger partial charge is 0.478 e. The van der Waals surface area contributed by atoms with E-state index in [4.69, 9.17) is 5.11 Å². The molecular formula is C16H19NO3. The van der Waals surface area contributed by atoms with Gasteiger partial charge in [-0.3, -0.25) is 4.79 Å². The van der Waals surface area contributed by atoms with Gasteiger partial charge < -0.3 is 10.0 Å². The highest BCUT2D eigenvalue weighted by Crippen LogP contribution is 2.18. The molecule has 0 spiro atoms. The molecule has 1 saturated heterocycles. The molecular weight excluding hydrogens is 254 g/mol. The summed E-state index contributed by atoms with van der Waals surface area (Å²) >= 11 is 0. The Kier molecular flexibility index (Phi) is 4.56. The van der Waals surface area contributed by atoms with Crippen LogP contribution in [0.2, 0.25) is 0 Å². The van der Waals surface area contributed by atoms with Crippen LogP contribution in [-0.2, 0) is 11.2 Å². The maximum atomic E-state index is 12.2. The second kappa shape index (κ2) is 6.37. The minimum Gasteiger partial charge on any atom is -0.478 e. The number of nitrogens with zero attached hydrogens (tertiary/aromatic N) is 1. The molecule has 0 saturated carbocycles. The Hall–Kier alpha value is -2.10. The van der Waals surface area contributed by atoms with Gasteiger partial charge in [-0.15, -0.1) is 6.58 Å². The first kappa shape index (κ1) is 14.3. The second-order valence-corrected chi connectivity index (χ2v) is 5.14. The summed E-state index contributed by atoms with van der Waals surface area (Å²) in [6, 6.07) is 6.57. The summed E-state index contributed by atoms with van der Waals surface area (Å²) in [6.07, 6.45) is 4.15. The predicted molar refractivity (Wildman–Crippen MR) is 76.6 cm³/mol. The Morgan fingerprint density at radius 1 is 1.35 bits per heavy atom. The Balaban J connectivity index is 1.96. The van der Waals surface area contributed by atoms with E-state index in [1.807, 2.05) is 11.0 Å². The first-order chi connectivity index (χ1) is 9.60. The zero-order valence-corrected chi connectivity index (χ0v) is 11.4. The summed E-state index contributed by atoms with van der Waals surface area (Å²) in [6.45, 7) is 5.31. The van der Waals surface area contributed by atoms with Crippen LogP contribution in [0.3, 0.4) is 0 Å². The monoisotopic (exact) mass is 273 g/mol. The van der Waals surface area contributed by atoms with Gasteiger partial charge in [0.25, 0.3) is 0 Å². The van der Waals surface area contributed by atoms with Crippen molar-refractivity contribution in [3.63, 3.8) is 0 Å². The smallest absolute Gasteiger partial charge is 0.335 e. The van der Waals surface area contributed by atoms with E-state index in [-0.39, 0.29) is 17.9 Å². The third kappa shape index (κ3) is 3.47. The lowest BCUT2D eigenvalue weighted by Crippen LogP contribution is -2.38. The number of carboxylic acids is 1. The number of hydrogen-bond acceptors (Lipinski definition) is 2. The van der Waals surface area contributed by atoms with E-state index in [1.54, 1.807) is 18.2 Å². The van der Waals surface area contributed by atoms with E-state index in [2.05, 4.69) is 6.58 Å². The molecule has 2 rings (SSSR count). The average molecular weight is 273 g/mol. The second-order valence-electron chi connectivity index (χ2n) is 5.14. The van der Waals surface area contributed by atoms with Crippen LogP contribution >= 0.6 is 0 Å². The van der Waals surface area contributed by atoms with Gasteiger partial charge >= 0.3 is 5.97 Å². The van der Waals surface area contributed by atoms with Gasteiger partial charge in [-0.1, -0.05) is 18.2 Å². The lowest BCUT2D eigenvalue weighted by Gasteiger charge is -2.30. The highest BCUT2D eigenvalue weighted by atomic mass is 16.4. The first-order valence-corrected chi connectivity index (χ1v) is 6.82. The normalized spacial score (nSPS) is 15.9. The topological polar surface area (TPSA) is 57.6 Å². The highest BCUT2D eigenvalue weighted by molar-refractivity contribution is 5.88. The van der Waals surface area contributed by atoms with Gasteiger partial charge in [0.15, 0.2) is 0 Å². The fourth-order valence-corrected chi connectivity index (χ4v) is 2.49.